The first-order chi connectivity index (χ1) is 14.0. The molecule has 0 spiro atoms. The van der Waals surface area contributed by atoms with Gasteiger partial charge in [0.15, 0.2) is 0 Å². The highest BCUT2D eigenvalue weighted by Gasteiger charge is 2.63. The quantitative estimate of drug-likeness (QED) is 0.549. The van der Waals surface area contributed by atoms with Crippen molar-refractivity contribution in [2.24, 2.45) is 52.1 Å². The highest BCUT2D eigenvalue weighted by atomic mass is 16.3. The summed E-state index contributed by atoms with van der Waals surface area (Å²) in [6, 6.07) is 0.278. The maximum atomic E-state index is 11.6. The van der Waals surface area contributed by atoms with Gasteiger partial charge in [-0.15, -0.1) is 0 Å². The Bertz CT molecular complexity index is 618. The van der Waals surface area contributed by atoms with Crippen LogP contribution in [0.25, 0.3) is 0 Å². The fourth-order valence-corrected chi connectivity index (χ4v) is 9.39. The predicted octanol–water partition coefficient (Wildman–Crippen LogP) is 5.52. The summed E-state index contributed by atoms with van der Waals surface area (Å²) in [5.41, 5.74) is 6.26. The molecule has 0 aromatic carbocycles. The van der Waals surface area contributed by atoms with E-state index in [-0.39, 0.29) is 23.0 Å². The number of aliphatic hydroxyl groups excluding tert-OH is 1. The largest absolute Gasteiger partial charge is 0.393 e. The molecule has 0 heterocycles. The van der Waals surface area contributed by atoms with Gasteiger partial charge in [-0.3, -0.25) is 0 Å². The van der Waals surface area contributed by atoms with E-state index >= 15 is 0 Å². The zero-order valence-electron chi connectivity index (χ0n) is 20.4. The first kappa shape index (κ1) is 23.1. The van der Waals surface area contributed by atoms with Gasteiger partial charge in [0.25, 0.3) is 0 Å². The van der Waals surface area contributed by atoms with Crippen molar-refractivity contribution in [2.45, 2.75) is 123 Å². The summed E-state index contributed by atoms with van der Waals surface area (Å²) in [5.74, 6) is 3.55. The SMILES string of the molecule is CC(C)CCC[C@](C)(O)C1CCC2C3CC(O)C4CC(N)CCC4(C)[C@H]3CCC21C. The zero-order chi connectivity index (χ0) is 21.9. The second kappa shape index (κ2) is 8.03. The van der Waals surface area contributed by atoms with Crippen molar-refractivity contribution in [3.8, 4) is 0 Å². The van der Waals surface area contributed by atoms with Crippen LogP contribution < -0.4 is 5.73 Å². The molecular weight excluding hydrogens is 370 g/mol. The van der Waals surface area contributed by atoms with E-state index in [0.29, 0.717) is 29.6 Å². The van der Waals surface area contributed by atoms with E-state index in [9.17, 15) is 10.2 Å². The Morgan fingerprint density at radius 1 is 0.967 bits per heavy atom. The molecule has 8 unspecified atom stereocenters. The molecule has 0 bridgehead atoms. The minimum Gasteiger partial charge on any atom is -0.393 e. The van der Waals surface area contributed by atoms with Gasteiger partial charge in [-0.2, -0.15) is 0 Å². The number of rotatable bonds is 5. The van der Waals surface area contributed by atoms with Gasteiger partial charge in [0.2, 0.25) is 0 Å². The van der Waals surface area contributed by atoms with E-state index in [0.717, 1.165) is 38.0 Å². The Morgan fingerprint density at radius 3 is 2.33 bits per heavy atom. The van der Waals surface area contributed by atoms with E-state index in [1.165, 1.54) is 38.5 Å². The van der Waals surface area contributed by atoms with Crippen molar-refractivity contribution in [3.05, 3.63) is 0 Å². The molecule has 4 aliphatic carbocycles. The highest BCUT2D eigenvalue weighted by molar-refractivity contribution is 5.13. The summed E-state index contributed by atoms with van der Waals surface area (Å²) in [7, 11) is 0. The van der Waals surface area contributed by atoms with Crippen LogP contribution in [-0.2, 0) is 0 Å². The van der Waals surface area contributed by atoms with Crippen molar-refractivity contribution in [2.75, 3.05) is 0 Å². The van der Waals surface area contributed by atoms with Gasteiger partial charge in [-0.05, 0) is 111 Å². The average Bonchev–Trinajstić information content (AvgIpc) is 3.01. The van der Waals surface area contributed by atoms with Crippen molar-refractivity contribution >= 4 is 0 Å². The van der Waals surface area contributed by atoms with Crippen LogP contribution in [0.4, 0.5) is 0 Å². The van der Waals surface area contributed by atoms with Crippen LogP contribution in [-0.4, -0.2) is 28.0 Å². The molecular formula is C27H49NO2. The van der Waals surface area contributed by atoms with Crippen molar-refractivity contribution in [1.82, 2.24) is 0 Å². The van der Waals surface area contributed by atoms with Crippen LogP contribution in [0.15, 0.2) is 0 Å². The number of nitrogens with two attached hydrogens (primary N) is 1. The lowest BCUT2D eigenvalue weighted by atomic mass is 9.43. The van der Waals surface area contributed by atoms with Gasteiger partial charge in [0.1, 0.15) is 0 Å². The lowest BCUT2D eigenvalue weighted by Gasteiger charge is -2.62. The molecule has 0 aromatic rings. The summed E-state index contributed by atoms with van der Waals surface area (Å²) in [4.78, 5) is 0. The molecule has 0 aliphatic heterocycles. The van der Waals surface area contributed by atoms with Gasteiger partial charge in [0.05, 0.1) is 11.7 Å². The Balaban J connectivity index is 1.53. The Morgan fingerprint density at radius 2 is 1.63 bits per heavy atom. The van der Waals surface area contributed by atoms with Crippen LogP contribution in [0.2, 0.25) is 0 Å². The molecule has 3 nitrogen and oxygen atoms in total. The molecule has 4 aliphatic rings. The van der Waals surface area contributed by atoms with Gasteiger partial charge < -0.3 is 15.9 Å². The van der Waals surface area contributed by atoms with E-state index < -0.39 is 5.60 Å². The molecule has 0 saturated heterocycles. The van der Waals surface area contributed by atoms with Crippen LogP contribution in [0.1, 0.15) is 105 Å². The summed E-state index contributed by atoms with van der Waals surface area (Å²) >= 11 is 0. The maximum absolute atomic E-state index is 11.6. The molecule has 4 N–H and O–H groups in total. The van der Waals surface area contributed by atoms with Crippen LogP contribution in [0, 0.1) is 46.3 Å². The Hall–Kier alpha value is -0.120. The molecule has 4 fully saturated rings. The normalized spacial score (nSPS) is 50.5. The van der Waals surface area contributed by atoms with E-state index in [4.69, 9.17) is 5.73 Å². The van der Waals surface area contributed by atoms with Crippen LogP contribution in [0.3, 0.4) is 0 Å². The average molecular weight is 420 g/mol. The molecule has 0 amide bonds. The van der Waals surface area contributed by atoms with Crippen LogP contribution in [0.5, 0.6) is 0 Å². The molecule has 4 rings (SSSR count). The minimum atomic E-state index is -0.553. The standard InChI is InChI=1S/C27H49NO2/c1-17(2)7-6-12-27(5,30)24-9-8-20-19-16-23(29)22-15-18(28)10-13-25(22,3)21(19)11-14-26(20,24)4/h17-24,29-30H,6-16,28H2,1-5H3/t18?,19?,20?,21-,22?,23?,24?,25?,26?,27-/m0/s1. The second-order valence-electron chi connectivity index (χ2n) is 13.1. The molecule has 174 valence electrons. The smallest absolute Gasteiger partial charge is 0.0653 e. The molecule has 4 saturated carbocycles. The third-order valence-corrected chi connectivity index (χ3v) is 10.9. The predicted molar refractivity (Wildman–Crippen MR) is 124 cm³/mol. The van der Waals surface area contributed by atoms with Crippen molar-refractivity contribution in [3.63, 3.8) is 0 Å². The van der Waals surface area contributed by atoms with Crippen molar-refractivity contribution < 1.29 is 10.2 Å². The minimum absolute atomic E-state index is 0.185. The Kier molecular flexibility index (Phi) is 6.17. The van der Waals surface area contributed by atoms with Gasteiger partial charge in [-0.1, -0.05) is 40.5 Å². The summed E-state index contributed by atoms with van der Waals surface area (Å²) in [6.07, 6.45) is 12.3. The summed E-state index contributed by atoms with van der Waals surface area (Å²) < 4.78 is 0. The number of hydrogen-bond acceptors (Lipinski definition) is 3. The zero-order valence-corrected chi connectivity index (χ0v) is 20.4. The fraction of sp³-hybridized carbons (Fsp3) is 1.00. The van der Waals surface area contributed by atoms with Gasteiger partial charge in [-0.25, -0.2) is 0 Å². The molecule has 3 heteroatoms. The van der Waals surface area contributed by atoms with Crippen molar-refractivity contribution in [1.29, 1.82) is 0 Å². The van der Waals surface area contributed by atoms with Gasteiger partial charge in [0, 0.05) is 6.04 Å². The molecule has 0 radical (unpaired) electrons. The first-order valence-corrected chi connectivity index (χ1v) is 13.1. The van der Waals surface area contributed by atoms with E-state index in [1.807, 2.05) is 0 Å². The molecule has 0 aromatic heterocycles. The topological polar surface area (TPSA) is 66.5 Å². The van der Waals surface area contributed by atoms with Crippen LogP contribution >= 0.6 is 0 Å². The number of aliphatic hydroxyl groups is 2. The van der Waals surface area contributed by atoms with Gasteiger partial charge >= 0.3 is 0 Å². The molecule has 10 atom stereocenters. The summed E-state index contributed by atoms with van der Waals surface area (Å²) in [6.45, 7) is 11.7. The third kappa shape index (κ3) is 3.69. The fourth-order valence-electron chi connectivity index (χ4n) is 9.39. The first-order valence-electron chi connectivity index (χ1n) is 13.1. The number of hydrogen-bond donors (Lipinski definition) is 3. The summed E-state index contributed by atoms with van der Waals surface area (Å²) in [5, 5.41) is 22.8. The highest BCUT2D eigenvalue weighted by Crippen LogP contribution is 2.68. The monoisotopic (exact) mass is 419 g/mol. The number of fused-ring (bicyclic) bond motifs is 5. The van der Waals surface area contributed by atoms with E-state index in [1.54, 1.807) is 0 Å². The second-order valence-corrected chi connectivity index (χ2v) is 13.1. The third-order valence-electron chi connectivity index (χ3n) is 10.9. The Labute approximate surface area is 185 Å². The maximum Gasteiger partial charge on any atom is 0.0653 e. The lowest BCUT2D eigenvalue weighted by molar-refractivity contribution is -0.170. The molecule has 30 heavy (non-hydrogen) atoms. The lowest BCUT2D eigenvalue weighted by Crippen LogP contribution is -2.59. The van der Waals surface area contributed by atoms with E-state index in [2.05, 4.69) is 34.6 Å².